The zero-order valence-corrected chi connectivity index (χ0v) is 9.32. The van der Waals surface area contributed by atoms with E-state index in [4.69, 9.17) is 5.73 Å². The molecule has 7 heteroatoms. The standard InChI is InChI=1S/C8H8BrF3N2O/c1-4-2-6(15-8(10,11)12)5(3-9)7(13)14-4/h2H,3H2,1H3,(H2,13,14). The second kappa shape index (κ2) is 4.26. The van der Waals surface area contributed by atoms with Gasteiger partial charge in [0.1, 0.15) is 11.6 Å². The Morgan fingerprint density at radius 3 is 2.60 bits per heavy atom. The van der Waals surface area contributed by atoms with Crippen molar-refractivity contribution in [3.05, 3.63) is 17.3 Å². The van der Waals surface area contributed by atoms with Crippen molar-refractivity contribution < 1.29 is 17.9 Å². The zero-order valence-electron chi connectivity index (χ0n) is 7.73. The number of alkyl halides is 4. The van der Waals surface area contributed by atoms with E-state index in [0.29, 0.717) is 5.69 Å². The number of halogens is 4. The van der Waals surface area contributed by atoms with Crippen LogP contribution in [0.5, 0.6) is 5.75 Å². The topological polar surface area (TPSA) is 48.1 Å². The van der Waals surface area contributed by atoms with Crippen LogP contribution in [-0.4, -0.2) is 11.3 Å². The van der Waals surface area contributed by atoms with E-state index >= 15 is 0 Å². The third-order valence-corrected chi connectivity index (χ3v) is 2.16. The number of nitrogen functional groups attached to an aromatic ring is 1. The van der Waals surface area contributed by atoms with Gasteiger partial charge in [-0.05, 0) is 6.92 Å². The molecule has 1 aromatic heterocycles. The molecular weight excluding hydrogens is 277 g/mol. The number of rotatable bonds is 2. The number of anilines is 1. The van der Waals surface area contributed by atoms with Crippen LogP contribution in [0.4, 0.5) is 19.0 Å². The maximum Gasteiger partial charge on any atom is 0.573 e. The minimum Gasteiger partial charge on any atom is -0.405 e. The highest BCUT2D eigenvalue weighted by Gasteiger charge is 2.32. The number of hydrogen-bond acceptors (Lipinski definition) is 3. The molecule has 0 saturated carbocycles. The number of nitrogens with two attached hydrogens (primary N) is 1. The lowest BCUT2D eigenvalue weighted by Crippen LogP contribution is -2.18. The van der Waals surface area contributed by atoms with Crippen molar-refractivity contribution in [2.75, 3.05) is 5.73 Å². The Kier molecular flexibility index (Phi) is 3.43. The van der Waals surface area contributed by atoms with Gasteiger partial charge in [0.25, 0.3) is 0 Å². The number of hydrogen-bond donors (Lipinski definition) is 1. The van der Waals surface area contributed by atoms with Gasteiger partial charge in [-0.15, -0.1) is 13.2 Å². The molecule has 84 valence electrons. The lowest BCUT2D eigenvalue weighted by atomic mass is 10.2. The summed E-state index contributed by atoms with van der Waals surface area (Å²) < 4.78 is 39.9. The van der Waals surface area contributed by atoms with E-state index in [1.807, 2.05) is 0 Å². The molecule has 3 nitrogen and oxygen atoms in total. The van der Waals surface area contributed by atoms with E-state index in [-0.39, 0.29) is 22.5 Å². The van der Waals surface area contributed by atoms with E-state index in [9.17, 15) is 13.2 Å². The maximum absolute atomic E-state index is 12.0. The van der Waals surface area contributed by atoms with Gasteiger partial charge >= 0.3 is 6.36 Å². The van der Waals surface area contributed by atoms with E-state index in [2.05, 4.69) is 25.7 Å². The van der Waals surface area contributed by atoms with Gasteiger partial charge in [-0.1, -0.05) is 15.9 Å². The molecule has 1 rings (SSSR count). The Morgan fingerprint density at radius 2 is 2.13 bits per heavy atom. The van der Waals surface area contributed by atoms with Crippen LogP contribution in [0.2, 0.25) is 0 Å². The van der Waals surface area contributed by atoms with Crippen LogP contribution < -0.4 is 10.5 Å². The molecule has 1 heterocycles. The predicted molar refractivity (Wildman–Crippen MR) is 52.7 cm³/mol. The van der Waals surface area contributed by atoms with Crippen LogP contribution in [0.3, 0.4) is 0 Å². The summed E-state index contributed by atoms with van der Waals surface area (Å²) in [5.41, 5.74) is 6.03. The SMILES string of the molecule is Cc1cc(OC(F)(F)F)c(CBr)c(N)n1. The summed E-state index contributed by atoms with van der Waals surface area (Å²) in [6.07, 6.45) is -4.73. The van der Waals surface area contributed by atoms with Crippen LogP contribution >= 0.6 is 15.9 Å². The molecule has 0 aliphatic carbocycles. The summed E-state index contributed by atoms with van der Waals surface area (Å²) in [7, 11) is 0. The van der Waals surface area contributed by atoms with Crippen LogP contribution in [0.15, 0.2) is 6.07 Å². The average Bonchev–Trinajstić information content (AvgIpc) is 1.99. The third kappa shape index (κ3) is 3.26. The molecule has 2 N–H and O–H groups in total. The number of pyridine rings is 1. The number of ether oxygens (including phenoxy) is 1. The number of aryl methyl sites for hydroxylation is 1. The molecule has 0 aromatic carbocycles. The van der Waals surface area contributed by atoms with Crippen molar-refractivity contribution in [2.24, 2.45) is 0 Å². The summed E-state index contributed by atoms with van der Waals surface area (Å²) in [5.74, 6) is -0.282. The Morgan fingerprint density at radius 1 is 1.53 bits per heavy atom. The van der Waals surface area contributed by atoms with Gasteiger partial charge in [0.2, 0.25) is 0 Å². The van der Waals surface area contributed by atoms with Crippen molar-refractivity contribution in [3.63, 3.8) is 0 Å². The molecule has 0 unspecified atom stereocenters. The second-order valence-electron chi connectivity index (χ2n) is 2.81. The predicted octanol–water partition coefficient (Wildman–Crippen LogP) is 2.77. The normalized spacial score (nSPS) is 11.5. The Balaban J connectivity index is 3.15. The molecule has 0 spiro atoms. The third-order valence-electron chi connectivity index (χ3n) is 1.60. The molecule has 15 heavy (non-hydrogen) atoms. The monoisotopic (exact) mass is 284 g/mol. The van der Waals surface area contributed by atoms with Crippen LogP contribution in [0.1, 0.15) is 11.3 Å². The van der Waals surface area contributed by atoms with Crippen LogP contribution in [0.25, 0.3) is 0 Å². The molecule has 0 aliphatic heterocycles. The fraction of sp³-hybridized carbons (Fsp3) is 0.375. The van der Waals surface area contributed by atoms with Crippen molar-refractivity contribution in [3.8, 4) is 5.75 Å². The van der Waals surface area contributed by atoms with Crippen molar-refractivity contribution >= 4 is 21.7 Å². The minimum absolute atomic E-state index is 0.0334. The van der Waals surface area contributed by atoms with E-state index < -0.39 is 6.36 Å². The molecule has 0 fully saturated rings. The Labute approximate surface area is 92.6 Å². The largest absolute Gasteiger partial charge is 0.573 e. The van der Waals surface area contributed by atoms with Gasteiger partial charge in [-0.25, -0.2) is 4.98 Å². The molecule has 0 bridgehead atoms. The first-order chi connectivity index (χ1) is 6.83. The first-order valence-electron chi connectivity index (χ1n) is 3.91. The number of aromatic nitrogens is 1. The van der Waals surface area contributed by atoms with Gasteiger partial charge < -0.3 is 10.5 Å². The summed E-state index contributed by atoms with van der Waals surface area (Å²) >= 11 is 3.02. The van der Waals surface area contributed by atoms with Gasteiger partial charge in [0.05, 0.1) is 0 Å². The smallest absolute Gasteiger partial charge is 0.405 e. The highest BCUT2D eigenvalue weighted by Crippen LogP contribution is 2.31. The molecule has 1 aromatic rings. The fourth-order valence-corrected chi connectivity index (χ4v) is 1.61. The quantitative estimate of drug-likeness (QED) is 0.850. The van der Waals surface area contributed by atoms with E-state index in [1.165, 1.54) is 13.0 Å². The van der Waals surface area contributed by atoms with E-state index in [1.54, 1.807) is 0 Å². The highest BCUT2D eigenvalue weighted by atomic mass is 79.9. The maximum atomic E-state index is 12.0. The fourth-order valence-electron chi connectivity index (χ4n) is 1.04. The van der Waals surface area contributed by atoms with Gasteiger partial charge in [-0.3, -0.25) is 0 Å². The Hall–Kier alpha value is -0.980. The highest BCUT2D eigenvalue weighted by molar-refractivity contribution is 9.08. The molecule has 0 radical (unpaired) electrons. The van der Waals surface area contributed by atoms with Crippen molar-refractivity contribution in [1.82, 2.24) is 4.98 Å². The molecule has 0 aliphatic rings. The zero-order chi connectivity index (χ0) is 11.6. The van der Waals surface area contributed by atoms with Crippen LogP contribution in [0, 0.1) is 6.92 Å². The summed E-state index contributed by atoms with van der Waals surface area (Å²) in [4.78, 5) is 3.84. The molecule has 0 saturated heterocycles. The Bertz CT molecular complexity index is 368. The molecular formula is C8H8BrF3N2O. The summed E-state index contributed by atoms with van der Waals surface area (Å²) in [6, 6.07) is 1.19. The van der Waals surface area contributed by atoms with Gasteiger partial charge in [0.15, 0.2) is 0 Å². The average molecular weight is 285 g/mol. The lowest BCUT2D eigenvalue weighted by Gasteiger charge is -2.13. The summed E-state index contributed by atoms with van der Waals surface area (Å²) in [5, 5.41) is 0.150. The molecule has 0 atom stereocenters. The number of nitrogens with zero attached hydrogens (tertiary/aromatic N) is 1. The van der Waals surface area contributed by atoms with Crippen LogP contribution in [-0.2, 0) is 5.33 Å². The lowest BCUT2D eigenvalue weighted by molar-refractivity contribution is -0.274. The molecule has 0 amide bonds. The van der Waals surface area contributed by atoms with Crippen molar-refractivity contribution in [2.45, 2.75) is 18.6 Å². The van der Waals surface area contributed by atoms with Crippen molar-refractivity contribution in [1.29, 1.82) is 0 Å². The van der Waals surface area contributed by atoms with Gasteiger partial charge in [0, 0.05) is 22.7 Å². The minimum atomic E-state index is -4.73. The summed E-state index contributed by atoms with van der Waals surface area (Å²) in [6.45, 7) is 1.54. The first kappa shape index (κ1) is 12.1. The van der Waals surface area contributed by atoms with Gasteiger partial charge in [-0.2, -0.15) is 0 Å². The second-order valence-corrected chi connectivity index (χ2v) is 3.37. The first-order valence-corrected chi connectivity index (χ1v) is 5.03. The van der Waals surface area contributed by atoms with E-state index in [0.717, 1.165) is 0 Å².